The Kier molecular flexibility index (Phi) is 24.5. The molecule has 0 bridgehead atoms. The predicted octanol–water partition coefficient (Wildman–Crippen LogP) is 4.50. The van der Waals surface area contributed by atoms with Crippen LogP contribution in [-0.2, 0) is 49.6 Å². The van der Waals surface area contributed by atoms with Crippen LogP contribution >= 0.6 is 11.3 Å². The largest absolute Gasteiger partial charge is 0.354 e. The van der Waals surface area contributed by atoms with E-state index in [2.05, 4.69) is 52.8 Å². The molecule has 1 saturated carbocycles. The fourth-order valence-corrected chi connectivity index (χ4v) is 11.5. The Hall–Kier alpha value is -7.15. The summed E-state index contributed by atoms with van der Waals surface area (Å²) in [5, 5.41) is 25.4. The molecule has 2 aliphatic rings. The number of rotatable bonds is 30. The lowest BCUT2D eigenvalue weighted by atomic mass is 9.76. The van der Waals surface area contributed by atoms with Crippen LogP contribution in [0.3, 0.4) is 0 Å². The molecular weight excluding hydrogens is 1140 g/mol. The van der Waals surface area contributed by atoms with E-state index in [-0.39, 0.29) is 80.0 Å². The minimum Gasteiger partial charge on any atom is -0.354 e. The number of carbonyl (C=O) groups excluding carboxylic acids is 10. The van der Waals surface area contributed by atoms with Crippen LogP contribution in [0.15, 0.2) is 42.5 Å². The molecule has 1 aromatic heterocycles. The van der Waals surface area contributed by atoms with Crippen molar-refractivity contribution in [2.75, 3.05) is 33.7 Å². The van der Waals surface area contributed by atoms with E-state index in [1.807, 2.05) is 60.5 Å². The maximum Gasteiger partial charge on any atom is 0.255 e. The Bertz CT molecular complexity index is 2980. The highest BCUT2D eigenvalue weighted by Crippen LogP contribution is 2.32. The number of likely N-dealkylation sites (tertiary alicyclic amines) is 1. The van der Waals surface area contributed by atoms with Gasteiger partial charge in [-0.2, -0.15) is 0 Å². The molecular formula is C62H92F2N12O10S. The lowest BCUT2D eigenvalue weighted by Crippen LogP contribution is -2.65. The van der Waals surface area contributed by atoms with E-state index in [1.54, 1.807) is 0 Å². The first kappa shape index (κ1) is 70.6. The number of likely N-dealkylation sites (N-methyl/N-ethyl adjacent to an activating group) is 1. The fourth-order valence-electron chi connectivity index (χ4n) is 10.5. The van der Waals surface area contributed by atoms with E-state index in [4.69, 9.17) is 0 Å². The first-order chi connectivity index (χ1) is 40.5. The third-order valence-electron chi connectivity index (χ3n) is 15.3. The van der Waals surface area contributed by atoms with Gasteiger partial charge in [-0.25, -0.2) is 13.8 Å². The zero-order valence-electron chi connectivity index (χ0n) is 52.9. The van der Waals surface area contributed by atoms with E-state index in [0.29, 0.717) is 34.6 Å². The van der Waals surface area contributed by atoms with Crippen molar-refractivity contribution in [3.8, 4) is 0 Å². The topological polar surface area (TPSA) is 298 Å². The third-order valence-corrected chi connectivity index (χ3v) is 16.3. The zero-order chi connectivity index (χ0) is 64.9. The number of carbonyl (C=O) groups is 10. The summed E-state index contributed by atoms with van der Waals surface area (Å²) in [4.78, 5) is 148. The molecule has 2 fully saturated rings. The Morgan fingerprint density at radius 3 is 1.72 bits per heavy atom. The minimum absolute atomic E-state index is 0.0293. The van der Waals surface area contributed by atoms with Crippen molar-refractivity contribution < 1.29 is 56.7 Å². The quantitative estimate of drug-likeness (QED) is 0.0417. The lowest BCUT2D eigenvalue weighted by molar-refractivity contribution is -0.140. The van der Waals surface area contributed by atoms with Crippen molar-refractivity contribution in [3.63, 3.8) is 0 Å². The van der Waals surface area contributed by atoms with E-state index < -0.39 is 112 Å². The number of benzene rings is 2. The van der Waals surface area contributed by atoms with Crippen LogP contribution in [0.2, 0.25) is 0 Å². The molecule has 22 nitrogen and oxygen atoms in total. The molecule has 25 heteroatoms. The normalized spacial score (nSPS) is 16.5. The average molecular weight is 1240 g/mol. The van der Waals surface area contributed by atoms with E-state index >= 15 is 0 Å². The molecule has 0 radical (unpaired) electrons. The zero-order valence-corrected chi connectivity index (χ0v) is 53.8. The fraction of sp³-hybridized carbons (Fsp3) is 0.629. The molecule has 9 N–H and O–H groups in total. The summed E-state index contributed by atoms with van der Waals surface area (Å²) in [5.41, 5.74) is -4.47. The SMILES string of the molecule is CC(C)C[C@H](NC(=O)[C@H](Cc1nc2ccc(F)cc2s1)C(=O)N[C@@H]1CCCN1C(=O)c1ccc(F)cc1)C(=O)NC(C)(C)C(=O)N[C@@H](CC(C)C)C(=O)N[C@@H](CC(C)C)C(=O)NC(C)(C)C(=O)NC(C)(C)C(=O)NCCC(=O)NC1(CN(C)C)CCC1. The van der Waals surface area contributed by atoms with Crippen LogP contribution in [-0.4, -0.2) is 154 Å². The van der Waals surface area contributed by atoms with Gasteiger partial charge in [0.25, 0.3) is 5.91 Å². The molecule has 5 atom stereocenters. The number of aromatic nitrogens is 1. The number of hydrogen-bond acceptors (Lipinski definition) is 13. The molecule has 5 rings (SSSR count). The van der Waals surface area contributed by atoms with Crippen molar-refractivity contribution in [2.45, 2.75) is 194 Å². The van der Waals surface area contributed by atoms with Crippen LogP contribution in [0, 0.1) is 35.3 Å². The van der Waals surface area contributed by atoms with Crippen LogP contribution in [0.5, 0.6) is 0 Å². The van der Waals surface area contributed by atoms with Crippen LogP contribution in [0.1, 0.15) is 156 Å². The summed E-state index contributed by atoms with van der Waals surface area (Å²) in [6.45, 7) is 20.7. The summed E-state index contributed by atoms with van der Waals surface area (Å²) < 4.78 is 28.5. The minimum atomic E-state index is -1.74. The van der Waals surface area contributed by atoms with Gasteiger partial charge in [0.05, 0.1) is 20.8 Å². The number of thiazole rings is 1. The summed E-state index contributed by atoms with van der Waals surface area (Å²) in [5.74, 6) is -9.65. The van der Waals surface area contributed by atoms with Gasteiger partial charge >= 0.3 is 0 Å². The monoisotopic (exact) mass is 1230 g/mol. The third kappa shape index (κ3) is 20.5. The van der Waals surface area contributed by atoms with E-state index in [1.165, 1.54) is 76.8 Å². The number of halogens is 2. The molecule has 1 aliphatic heterocycles. The number of nitrogens with one attached hydrogen (secondary N) is 9. The van der Waals surface area contributed by atoms with Gasteiger partial charge in [0.2, 0.25) is 53.2 Å². The smallest absolute Gasteiger partial charge is 0.255 e. The number of nitrogens with zero attached hydrogens (tertiary/aromatic N) is 3. The predicted molar refractivity (Wildman–Crippen MR) is 327 cm³/mol. The average Bonchev–Trinajstić information content (AvgIpc) is 4.11. The van der Waals surface area contributed by atoms with Gasteiger partial charge in [-0.3, -0.25) is 47.9 Å². The highest BCUT2D eigenvalue weighted by atomic mass is 32.1. The molecule has 3 aromatic rings. The molecule has 0 unspecified atom stereocenters. The number of fused-ring (bicyclic) bond motifs is 1. The number of hydrogen-bond donors (Lipinski definition) is 9. The Morgan fingerprint density at radius 1 is 0.655 bits per heavy atom. The van der Waals surface area contributed by atoms with Gasteiger partial charge in [0, 0.05) is 38.0 Å². The molecule has 480 valence electrons. The Morgan fingerprint density at radius 2 is 1.18 bits per heavy atom. The van der Waals surface area contributed by atoms with Gasteiger partial charge in [-0.1, -0.05) is 41.5 Å². The molecule has 2 heterocycles. The van der Waals surface area contributed by atoms with E-state index in [9.17, 15) is 56.7 Å². The van der Waals surface area contributed by atoms with Crippen molar-refractivity contribution >= 4 is 80.6 Å². The molecule has 1 aliphatic carbocycles. The maximum absolute atomic E-state index is 14.6. The first-order valence-electron chi connectivity index (χ1n) is 30.0. The highest BCUT2D eigenvalue weighted by molar-refractivity contribution is 7.18. The van der Waals surface area contributed by atoms with Crippen LogP contribution in [0.25, 0.3) is 10.2 Å². The standard InChI is InChI=1S/C62H92F2N12O10S/c1-35(2)29-43(52(80)68-45(31-37(5)6)54(82)73-61(11,12)58(86)74-59(7,8)56(84)65-27-24-48(77)71-62(25-16-26-62)34-75(13)14)69-57(85)60(9,10)72-53(81)44(30-36(3)4)67-50(78)41(33-49-66-42-23-22-40(64)32-46(42)87-49)51(79)70-47-17-15-28-76(47)55(83)38-18-20-39(63)21-19-38/h18-23,32,35-37,41,43-45,47H,15-17,24-31,33-34H2,1-14H3,(H,65,84)(H,67,78)(H,68,80)(H,69,85)(H,70,79)(H,71,77)(H,72,81)(H,73,82)(H,74,86)/t41-,43-,44-,45-,47-/m0/s1. The van der Waals surface area contributed by atoms with Gasteiger partial charge in [-0.05, 0) is 167 Å². The second kappa shape index (κ2) is 30.2. The van der Waals surface area contributed by atoms with Crippen molar-refractivity contribution in [3.05, 3.63) is 64.7 Å². The van der Waals surface area contributed by atoms with Gasteiger partial charge in [0.15, 0.2) is 0 Å². The molecule has 10 amide bonds. The van der Waals surface area contributed by atoms with Crippen LogP contribution in [0.4, 0.5) is 8.78 Å². The van der Waals surface area contributed by atoms with Crippen molar-refractivity contribution in [2.24, 2.45) is 23.7 Å². The summed E-state index contributed by atoms with van der Waals surface area (Å²) in [7, 11) is 3.89. The first-order valence-corrected chi connectivity index (χ1v) is 30.9. The molecule has 0 spiro atoms. The summed E-state index contributed by atoms with van der Waals surface area (Å²) in [6.07, 6.45) is 2.84. The van der Waals surface area contributed by atoms with Gasteiger partial charge < -0.3 is 57.7 Å². The Labute approximate surface area is 513 Å². The second-order valence-corrected chi connectivity index (χ2v) is 27.5. The molecule has 87 heavy (non-hydrogen) atoms. The highest BCUT2D eigenvalue weighted by Gasteiger charge is 2.43. The van der Waals surface area contributed by atoms with E-state index in [0.717, 1.165) is 42.7 Å². The maximum atomic E-state index is 14.6. The number of amides is 10. The van der Waals surface area contributed by atoms with Gasteiger partial charge in [-0.15, -0.1) is 11.3 Å². The van der Waals surface area contributed by atoms with Gasteiger partial charge in [0.1, 0.15) is 58.5 Å². The van der Waals surface area contributed by atoms with Crippen molar-refractivity contribution in [1.29, 1.82) is 0 Å². The summed E-state index contributed by atoms with van der Waals surface area (Å²) in [6, 6.07) is 5.24. The Balaban J connectivity index is 1.25. The summed E-state index contributed by atoms with van der Waals surface area (Å²) >= 11 is 1.08. The van der Waals surface area contributed by atoms with Crippen molar-refractivity contribution in [1.82, 2.24) is 62.6 Å². The lowest BCUT2D eigenvalue weighted by Gasteiger charge is -2.44. The molecule has 2 aromatic carbocycles. The second-order valence-electron chi connectivity index (χ2n) is 26.4. The molecule has 1 saturated heterocycles. The van der Waals surface area contributed by atoms with Crippen LogP contribution < -0.4 is 47.9 Å².